The summed E-state index contributed by atoms with van der Waals surface area (Å²) < 4.78 is 39.8. The lowest BCUT2D eigenvalue weighted by Gasteiger charge is -2.22. The number of hydrogen-bond acceptors (Lipinski definition) is 2. The van der Waals surface area contributed by atoms with Gasteiger partial charge in [-0.15, -0.1) is 0 Å². The fourth-order valence-electron chi connectivity index (χ4n) is 1.28. The smallest absolute Gasteiger partial charge is 0.390 e. The predicted octanol–water partition coefficient (Wildman–Crippen LogP) is 3.45. The maximum absolute atomic E-state index is 11.8. The third kappa shape index (κ3) is 11.7. The average molecular weight is 254 g/mol. The van der Waals surface area contributed by atoms with Gasteiger partial charge in [-0.05, 0) is 40.0 Å². The molecule has 1 atom stereocenters. The van der Waals surface area contributed by atoms with Crippen molar-refractivity contribution in [2.45, 2.75) is 51.8 Å². The van der Waals surface area contributed by atoms with Crippen molar-refractivity contribution in [1.82, 2.24) is 0 Å². The first-order valence-electron chi connectivity index (χ1n) is 5.63. The lowest BCUT2D eigenvalue weighted by molar-refractivity contribution is -0.176. The van der Waals surface area contributed by atoms with E-state index >= 15 is 0 Å². The minimum absolute atomic E-state index is 0.0820. The zero-order valence-electron chi connectivity index (χ0n) is 10.6. The number of rotatable bonds is 7. The Bertz CT molecular complexity index is 241. The molecule has 0 saturated carbocycles. The van der Waals surface area contributed by atoms with Crippen LogP contribution >= 0.6 is 0 Å². The highest BCUT2D eigenvalue weighted by molar-refractivity contribution is 4.94. The lowest BCUT2D eigenvalue weighted by atomic mass is 9.96. The largest absolute Gasteiger partial charge is 0.411 e. The average Bonchev–Trinajstić information content (AvgIpc) is 2.10. The lowest BCUT2D eigenvalue weighted by Crippen LogP contribution is -2.27. The predicted molar refractivity (Wildman–Crippen MR) is 60.8 cm³/mol. The van der Waals surface area contributed by atoms with Gasteiger partial charge in [0.25, 0.3) is 0 Å². The maximum atomic E-state index is 11.8. The summed E-state index contributed by atoms with van der Waals surface area (Å²) in [4.78, 5) is 0. The Morgan fingerprint density at radius 3 is 2.29 bits per heavy atom. The molecule has 0 aromatic heterocycles. The Balaban J connectivity index is 3.75. The molecule has 102 valence electrons. The number of ether oxygens (including phenoxy) is 1. The monoisotopic (exact) mass is 254 g/mol. The van der Waals surface area contributed by atoms with Crippen LogP contribution in [-0.4, -0.2) is 30.1 Å². The summed E-state index contributed by atoms with van der Waals surface area (Å²) in [6.07, 6.45) is -0.860. The zero-order valence-corrected chi connectivity index (χ0v) is 10.6. The van der Waals surface area contributed by atoms with Crippen LogP contribution in [0.25, 0.3) is 0 Å². The summed E-state index contributed by atoms with van der Waals surface area (Å²) in [7, 11) is 0. The van der Waals surface area contributed by atoms with Crippen molar-refractivity contribution in [1.29, 1.82) is 0 Å². The van der Waals surface area contributed by atoms with Gasteiger partial charge in [0.2, 0.25) is 0 Å². The van der Waals surface area contributed by atoms with Crippen LogP contribution in [0.3, 0.4) is 0 Å². The molecule has 0 amide bonds. The Morgan fingerprint density at radius 2 is 1.82 bits per heavy atom. The van der Waals surface area contributed by atoms with Crippen LogP contribution in [0.5, 0.6) is 0 Å². The van der Waals surface area contributed by atoms with Gasteiger partial charge in [0.15, 0.2) is 0 Å². The van der Waals surface area contributed by atoms with E-state index in [9.17, 15) is 18.3 Å². The number of halogens is 3. The molecule has 0 spiro atoms. The fraction of sp³-hybridized carbons (Fsp3) is 0.833. The molecule has 0 aromatic carbocycles. The van der Waals surface area contributed by atoms with Gasteiger partial charge in [-0.1, -0.05) is 11.6 Å². The molecular formula is C12H21F3O2. The molecule has 0 rings (SSSR count). The number of allylic oxidation sites excluding steroid dienone is 2. The molecule has 0 radical (unpaired) electrons. The minimum Gasteiger partial charge on any atom is -0.390 e. The second-order valence-corrected chi connectivity index (χ2v) is 4.73. The van der Waals surface area contributed by atoms with Crippen molar-refractivity contribution in [3.63, 3.8) is 0 Å². The van der Waals surface area contributed by atoms with Gasteiger partial charge in [0.1, 0.15) is 6.61 Å². The van der Waals surface area contributed by atoms with Gasteiger partial charge in [0.05, 0.1) is 5.60 Å². The first-order valence-corrected chi connectivity index (χ1v) is 5.63. The van der Waals surface area contributed by atoms with Crippen LogP contribution < -0.4 is 0 Å². The van der Waals surface area contributed by atoms with Gasteiger partial charge >= 0.3 is 6.18 Å². The van der Waals surface area contributed by atoms with E-state index in [2.05, 4.69) is 4.74 Å². The highest BCUT2D eigenvalue weighted by atomic mass is 19.4. The second-order valence-electron chi connectivity index (χ2n) is 4.73. The molecule has 2 nitrogen and oxygen atoms in total. The summed E-state index contributed by atoms with van der Waals surface area (Å²) in [5.74, 6) is 0. The van der Waals surface area contributed by atoms with Crippen molar-refractivity contribution < 1.29 is 23.0 Å². The molecule has 0 fully saturated rings. The Hall–Kier alpha value is -0.550. The van der Waals surface area contributed by atoms with E-state index < -0.39 is 18.4 Å². The van der Waals surface area contributed by atoms with Gasteiger partial charge < -0.3 is 9.84 Å². The molecule has 0 aliphatic heterocycles. The number of hydrogen-bond donors (Lipinski definition) is 1. The topological polar surface area (TPSA) is 29.5 Å². The summed E-state index contributed by atoms with van der Waals surface area (Å²) in [6.45, 7) is 4.20. The van der Waals surface area contributed by atoms with E-state index in [4.69, 9.17) is 0 Å². The molecule has 0 heterocycles. The first-order chi connectivity index (χ1) is 7.62. The molecule has 0 aromatic rings. The molecule has 0 aliphatic carbocycles. The van der Waals surface area contributed by atoms with E-state index in [0.29, 0.717) is 12.8 Å². The quantitative estimate of drug-likeness (QED) is 0.557. The third-order valence-corrected chi connectivity index (χ3v) is 2.29. The Labute approximate surface area is 100 Å². The summed E-state index contributed by atoms with van der Waals surface area (Å²) >= 11 is 0. The third-order valence-electron chi connectivity index (χ3n) is 2.29. The molecule has 17 heavy (non-hydrogen) atoms. The summed E-state index contributed by atoms with van der Waals surface area (Å²) in [5, 5.41) is 9.87. The molecule has 0 aliphatic rings. The van der Waals surface area contributed by atoms with Crippen LogP contribution in [0.4, 0.5) is 13.2 Å². The van der Waals surface area contributed by atoms with Crippen molar-refractivity contribution in [3.05, 3.63) is 11.6 Å². The van der Waals surface area contributed by atoms with Crippen LogP contribution in [0.2, 0.25) is 0 Å². The van der Waals surface area contributed by atoms with Gasteiger partial charge in [-0.25, -0.2) is 0 Å². The van der Waals surface area contributed by atoms with Crippen LogP contribution in [-0.2, 0) is 4.74 Å². The van der Waals surface area contributed by atoms with Gasteiger partial charge in [-0.3, -0.25) is 0 Å². The van der Waals surface area contributed by atoms with Crippen molar-refractivity contribution in [3.8, 4) is 0 Å². The highest BCUT2D eigenvalue weighted by Gasteiger charge is 2.28. The molecular weight excluding hydrogens is 233 g/mol. The number of alkyl halides is 3. The van der Waals surface area contributed by atoms with E-state index in [-0.39, 0.29) is 13.0 Å². The highest BCUT2D eigenvalue weighted by Crippen LogP contribution is 2.19. The Morgan fingerprint density at radius 1 is 1.24 bits per heavy atom. The van der Waals surface area contributed by atoms with E-state index in [1.807, 2.05) is 19.9 Å². The van der Waals surface area contributed by atoms with Crippen molar-refractivity contribution >= 4 is 0 Å². The summed E-state index contributed by atoms with van der Waals surface area (Å²) in [6, 6.07) is 0. The summed E-state index contributed by atoms with van der Waals surface area (Å²) in [5.41, 5.74) is 0.187. The zero-order chi connectivity index (χ0) is 13.5. The normalized spacial score (nSPS) is 15.5. The van der Waals surface area contributed by atoms with Gasteiger partial charge in [0, 0.05) is 6.61 Å². The van der Waals surface area contributed by atoms with Crippen molar-refractivity contribution in [2.24, 2.45) is 0 Å². The van der Waals surface area contributed by atoms with Crippen LogP contribution in [0, 0.1) is 0 Å². The van der Waals surface area contributed by atoms with E-state index in [0.717, 1.165) is 5.57 Å². The first kappa shape index (κ1) is 16.4. The molecule has 1 unspecified atom stereocenters. The fourth-order valence-corrected chi connectivity index (χ4v) is 1.28. The molecule has 0 bridgehead atoms. The molecule has 0 saturated heterocycles. The van der Waals surface area contributed by atoms with Crippen molar-refractivity contribution in [2.75, 3.05) is 13.2 Å². The van der Waals surface area contributed by atoms with Crippen LogP contribution in [0.1, 0.15) is 40.0 Å². The van der Waals surface area contributed by atoms with Gasteiger partial charge in [-0.2, -0.15) is 13.2 Å². The SMILES string of the molecule is CC(C)=CCCC(C)(O)CCOCC(F)(F)F. The van der Waals surface area contributed by atoms with Crippen LogP contribution in [0.15, 0.2) is 11.6 Å². The Kier molecular flexibility index (Phi) is 6.78. The standard InChI is InChI=1S/C12H21F3O2/c1-10(2)5-4-6-11(3,16)7-8-17-9-12(13,14)15/h5,16H,4,6-9H2,1-3H3. The van der Waals surface area contributed by atoms with E-state index in [1.165, 1.54) is 0 Å². The van der Waals surface area contributed by atoms with E-state index in [1.54, 1.807) is 6.92 Å². The molecule has 1 N–H and O–H groups in total. The molecule has 5 heteroatoms. The maximum Gasteiger partial charge on any atom is 0.411 e. The minimum atomic E-state index is -4.30. The second kappa shape index (κ2) is 7.01. The number of aliphatic hydroxyl groups is 1.